The molecule has 0 fully saturated rings. The number of rotatable bonds is 5. The largest absolute Gasteiger partial charge is 0.207 e. The van der Waals surface area contributed by atoms with Gasteiger partial charge < -0.3 is 0 Å². The molecular formula is C18H19Br2F. The Balaban J connectivity index is 2.45. The first-order valence-electron chi connectivity index (χ1n) is 6.95. The molecule has 0 aliphatic heterocycles. The highest BCUT2D eigenvalue weighted by atomic mass is 79.9. The molecule has 0 bridgehead atoms. The number of benzene rings is 2. The van der Waals surface area contributed by atoms with Crippen LogP contribution < -0.4 is 0 Å². The molecule has 2 aromatic rings. The SMILES string of the molecule is Cc1cccc(C(CBr)(CBr)Cc2cc(F)ccc2C)c1. The van der Waals surface area contributed by atoms with Crippen LogP contribution in [0.3, 0.4) is 0 Å². The minimum atomic E-state index is -0.169. The number of aryl methyl sites for hydroxylation is 2. The molecule has 0 amide bonds. The molecule has 3 heteroatoms. The van der Waals surface area contributed by atoms with Crippen molar-refractivity contribution in [1.29, 1.82) is 0 Å². The van der Waals surface area contributed by atoms with Crippen LogP contribution in [0.15, 0.2) is 42.5 Å². The highest BCUT2D eigenvalue weighted by Crippen LogP contribution is 2.34. The summed E-state index contributed by atoms with van der Waals surface area (Å²) in [6.07, 6.45) is 0.802. The van der Waals surface area contributed by atoms with E-state index in [1.54, 1.807) is 6.07 Å². The summed E-state index contributed by atoms with van der Waals surface area (Å²) in [6, 6.07) is 13.6. The first kappa shape index (κ1) is 16.7. The van der Waals surface area contributed by atoms with E-state index in [0.29, 0.717) is 0 Å². The van der Waals surface area contributed by atoms with Crippen molar-refractivity contribution in [2.24, 2.45) is 0 Å². The number of halogens is 3. The van der Waals surface area contributed by atoms with E-state index in [-0.39, 0.29) is 11.2 Å². The monoisotopic (exact) mass is 412 g/mol. The summed E-state index contributed by atoms with van der Waals surface area (Å²) in [5, 5.41) is 1.65. The van der Waals surface area contributed by atoms with Crippen LogP contribution in [-0.2, 0) is 11.8 Å². The third kappa shape index (κ3) is 3.75. The van der Waals surface area contributed by atoms with Crippen molar-refractivity contribution in [1.82, 2.24) is 0 Å². The molecular weight excluding hydrogens is 395 g/mol. The summed E-state index contributed by atoms with van der Waals surface area (Å²) in [7, 11) is 0. The predicted molar refractivity (Wildman–Crippen MR) is 95.3 cm³/mol. The second kappa shape index (κ2) is 7.06. The van der Waals surface area contributed by atoms with Gasteiger partial charge in [-0.05, 0) is 49.1 Å². The van der Waals surface area contributed by atoms with E-state index in [1.807, 2.05) is 13.0 Å². The molecule has 112 valence electrons. The van der Waals surface area contributed by atoms with Gasteiger partial charge >= 0.3 is 0 Å². The van der Waals surface area contributed by atoms with Crippen molar-refractivity contribution in [2.75, 3.05) is 10.7 Å². The molecule has 0 nitrogen and oxygen atoms in total. The number of alkyl halides is 2. The normalized spacial score (nSPS) is 11.7. The van der Waals surface area contributed by atoms with Crippen molar-refractivity contribution in [3.8, 4) is 0 Å². The Morgan fingerprint density at radius 3 is 2.33 bits per heavy atom. The molecule has 0 saturated carbocycles. The van der Waals surface area contributed by atoms with Gasteiger partial charge in [-0.25, -0.2) is 4.39 Å². The van der Waals surface area contributed by atoms with E-state index in [0.717, 1.165) is 28.2 Å². The van der Waals surface area contributed by atoms with Crippen molar-refractivity contribution in [3.63, 3.8) is 0 Å². The Labute approximate surface area is 143 Å². The van der Waals surface area contributed by atoms with Gasteiger partial charge in [-0.15, -0.1) is 0 Å². The first-order valence-corrected chi connectivity index (χ1v) is 9.19. The molecule has 21 heavy (non-hydrogen) atoms. The molecule has 0 aliphatic rings. The van der Waals surface area contributed by atoms with E-state index < -0.39 is 0 Å². The van der Waals surface area contributed by atoms with Crippen LogP contribution in [0.4, 0.5) is 4.39 Å². The fourth-order valence-corrected chi connectivity index (χ4v) is 4.53. The van der Waals surface area contributed by atoms with E-state index in [4.69, 9.17) is 0 Å². The molecule has 0 aromatic heterocycles. The van der Waals surface area contributed by atoms with Crippen LogP contribution in [0.1, 0.15) is 22.3 Å². The smallest absolute Gasteiger partial charge is 0.123 e. The molecule has 2 rings (SSSR count). The topological polar surface area (TPSA) is 0 Å². The Hall–Kier alpha value is -0.670. The molecule has 0 unspecified atom stereocenters. The van der Waals surface area contributed by atoms with Gasteiger partial charge in [0.1, 0.15) is 5.82 Å². The summed E-state index contributed by atoms with van der Waals surface area (Å²) in [4.78, 5) is 0. The van der Waals surface area contributed by atoms with Gasteiger partial charge in [0.2, 0.25) is 0 Å². The maximum absolute atomic E-state index is 13.6. The highest BCUT2D eigenvalue weighted by molar-refractivity contribution is 9.09. The minimum absolute atomic E-state index is 0.0788. The van der Waals surface area contributed by atoms with Gasteiger partial charge in [-0.1, -0.05) is 67.8 Å². The second-order valence-electron chi connectivity index (χ2n) is 5.66. The Kier molecular flexibility index (Phi) is 5.61. The van der Waals surface area contributed by atoms with Crippen LogP contribution in [-0.4, -0.2) is 10.7 Å². The average Bonchev–Trinajstić information content (AvgIpc) is 2.48. The van der Waals surface area contributed by atoms with Crippen LogP contribution in [0.5, 0.6) is 0 Å². The van der Waals surface area contributed by atoms with Gasteiger partial charge in [0.05, 0.1) is 0 Å². The van der Waals surface area contributed by atoms with E-state index >= 15 is 0 Å². The molecule has 0 saturated heterocycles. The highest BCUT2D eigenvalue weighted by Gasteiger charge is 2.31. The lowest BCUT2D eigenvalue weighted by Gasteiger charge is -2.32. The summed E-state index contributed by atoms with van der Waals surface area (Å²) < 4.78 is 13.6. The maximum atomic E-state index is 13.6. The fourth-order valence-electron chi connectivity index (χ4n) is 2.56. The zero-order valence-corrected chi connectivity index (χ0v) is 15.5. The van der Waals surface area contributed by atoms with Crippen molar-refractivity contribution < 1.29 is 4.39 Å². The summed E-state index contributed by atoms with van der Waals surface area (Å²) in [5.41, 5.74) is 4.64. The lowest BCUT2D eigenvalue weighted by Crippen LogP contribution is -2.33. The lowest BCUT2D eigenvalue weighted by molar-refractivity contribution is 0.544. The molecule has 0 atom stereocenters. The zero-order valence-electron chi connectivity index (χ0n) is 12.3. The Morgan fingerprint density at radius 2 is 1.71 bits per heavy atom. The molecule has 0 spiro atoms. The molecule has 0 aliphatic carbocycles. The zero-order chi connectivity index (χ0) is 15.5. The molecule has 2 aromatic carbocycles. The van der Waals surface area contributed by atoms with Crippen molar-refractivity contribution in [3.05, 3.63) is 70.5 Å². The standard InChI is InChI=1S/C18H19Br2F/c1-13-4-3-5-16(8-13)18(11-19,12-20)10-15-9-17(21)7-6-14(15)2/h3-9H,10-12H2,1-2H3. The Morgan fingerprint density at radius 1 is 1.00 bits per heavy atom. The summed E-state index contributed by atoms with van der Waals surface area (Å²) in [6.45, 7) is 4.14. The van der Waals surface area contributed by atoms with Crippen LogP contribution in [0.25, 0.3) is 0 Å². The van der Waals surface area contributed by atoms with Gasteiger partial charge in [-0.2, -0.15) is 0 Å². The van der Waals surface area contributed by atoms with E-state index in [9.17, 15) is 4.39 Å². The van der Waals surface area contributed by atoms with Crippen molar-refractivity contribution >= 4 is 31.9 Å². The lowest BCUT2D eigenvalue weighted by atomic mass is 9.78. The Bertz CT molecular complexity index is 618. The van der Waals surface area contributed by atoms with Gasteiger partial charge in [0, 0.05) is 16.1 Å². The van der Waals surface area contributed by atoms with Gasteiger partial charge in [-0.3, -0.25) is 0 Å². The third-order valence-electron chi connectivity index (χ3n) is 3.98. The first-order chi connectivity index (χ1) is 10.0. The maximum Gasteiger partial charge on any atom is 0.123 e. The van der Waals surface area contributed by atoms with Crippen LogP contribution >= 0.6 is 31.9 Å². The number of hydrogen-bond donors (Lipinski definition) is 0. The van der Waals surface area contributed by atoms with Crippen LogP contribution in [0.2, 0.25) is 0 Å². The average molecular weight is 414 g/mol. The van der Waals surface area contributed by atoms with E-state index in [2.05, 4.69) is 63.0 Å². The van der Waals surface area contributed by atoms with Crippen molar-refractivity contribution in [2.45, 2.75) is 25.7 Å². The number of hydrogen-bond acceptors (Lipinski definition) is 0. The molecule has 0 radical (unpaired) electrons. The minimum Gasteiger partial charge on any atom is -0.207 e. The van der Waals surface area contributed by atoms with Crippen LogP contribution in [0, 0.1) is 19.7 Å². The molecule has 0 heterocycles. The van der Waals surface area contributed by atoms with Gasteiger partial charge in [0.15, 0.2) is 0 Å². The van der Waals surface area contributed by atoms with E-state index in [1.165, 1.54) is 17.2 Å². The summed E-state index contributed by atoms with van der Waals surface area (Å²) >= 11 is 7.34. The van der Waals surface area contributed by atoms with Gasteiger partial charge in [0.25, 0.3) is 0 Å². The molecule has 0 N–H and O–H groups in total. The predicted octanol–water partition coefficient (Wildman–Crippen LogP) is 5.71. The fraction of sp³-hybridized carbons (Fsp3) is 0.333. The summed E-state index contributed by atoms with van der Waals surface area (Å²) in [5.74, 6) is -0.169. The quantitative estimate of drug-likeness (QED) is 0.550. The second-order valence-corrected chi connectivity index (χ2v) is 6.79. The third-order valence-corrected chi connectivity index (χ3v) is 6.13.